The standard InChI is InChI=1S/C27H33ClO11/c1-15(29)35-14-23-24(36-16(2)30)25(37-17(3)31)26(38-18(4)32)27(33-5,39-23)21-6-7-22(28)20(13-21)12-19-8-10-34-11-9-19/h6-7,12-13,23-26H,8-11,14H2,1-5H3/t23-,24-,25+,26-,27+/m1/s1. The van der Waals surface area contributed by atoms with Crippen LogP contribution in [0.1, 0.15) is 51.7 Å². The molecule has 0 spiro atoms. The van der Waals surface area contributed by atoms with Crippen molar-refractivity contribution in [3.05, 3.63) is 39.9 Å². The lowest BCUT2D eigenvalue weighted by molar-refractivity contribution is -0.367. The number of esters is 4. The van der Waals surface area contributed by atoms with Gasteiger partial charge in [0.15, 0.2) is 12.2 Å². The molecule has 2 heterocycles. The molecule has 1 aromatic rings. The molecule has 214 valence electrons. The first-order valence-corrected chi connectivity index (χ1v) is 12.8. The molecule has 0 unspecified atom stereocenters. The number of carbonyl (C=O) groups is 4. The van der Waals surface area contributed by atoms with Crippen molar-refractivity contribution < 1.29 is 52.3 Å². The summed E-state index contributed by atoms with van der Waals surface area (Å²) in [5.74, 6) is -4.71. The first-order chi connectivity index (χ1) is 18.5. The Balaban J connectivity index is 2.19. The maximum absolute atomic E-state index is 12.3. The zero-order chi connectivity index (χ0) is 28.7. The third-order valence-corrected chi connectivity index (χ3v) is 6.58. The summed E-state index contributed by atoms with van der Waals surface area (Å²) in [7, 11) is 1.32. The van der Waals surface area contributed by atoms with Gasteiger partial charge in [-0.15, -0.1) is 0 Å². The molecule has 5 atom stereocenters. The van der Waals surface area contributed by atoms with Crippen molar-refractivity contribution in [1.82, 2.24) is 0 Å². The number of hydrogen-bond acceptors (Lipinski definition) is 11. The Morgan fingerprint density at radius 1 is 0.949 bits per heavy atom. The molecule has 0 radical (unpaired) electrons. The molecule has 2 aliphatic heterocycles. The summed E-state index contributed by atoms with van der Waals surface area (Å²) >= 11 is 6.53. The van der Waals surface area contributed by atoms with Crippen LogP contribution in [0.15, 0.2) is 23.8 Å². The van der Waals surface area contributed by atoms with E-state index < -0.39 is 54.1 Å². The van der Waals surface area contributed by atoms with Gasteiger partial charge in [0.25, 0.3) is 0 Å². The summed E-state index contributed by atoms with van der Waals surface area (Å²) in [5, 5.41) is 0.453. The Labute approximate surface area is 231 Å². The van der Waals surface area contributed by atoms with Crippen LogP contribution in [0.3, 0.4) is 0 Å². The van der Waals surface area contributed by atoms with Gasteiger partial charge in [-0.2, -0.15) is 0 Å². The summed E-state index contributed by atoms with van der Waals surface area (Å²) in [5.41, 5.74) is 2.15. The molecule has 2 aliphatic rings. The third kappa shape index (κ3) is 7.57. The van der Waals surface area contributed by atoms with Crippen LogP contribution in [0.4, 0.5) is 0 Å². The van der Waals surface area contributed by atoms with E-state index in [1.54, 1.807) is 18.2 Å². The highest BCUT2D eigenvalue weighted by molar-refractivity contribution is 6.32. The fourth-order valence-electron chi connectivity index (χ4n) is 4.65. The molecule has 0 N–H and O–H groups in total. The largest absolute Gasteiger partial charge is 0.463 e. The smallest absolute Gasteiger partial charge is 0.303 e. The van der Waals surface area contributed by atoms with Crippen molar-refractivity contribution >= 4 is 41.6 Å². The van der Waals surface area contributed by atoms with Crippen molar-refractivity contribution in [2.45, 2.75) is 70.7 Å². The fourth-order valence-corrected chi connectivity index (χ4v) is 4.82. The Kier molecular flexibility index (Phi) is 10.5. The first kappa shape index (κ1) is 30.6. The van der Waals surface area contributed by atoms with E-state index in [1.807, 2.05) is 6.08 Å². The quantitative estimate of drug-likeness (QED) is 0.338. The lowest BCUT2D eigenvalue weighted by Gasteiger charge is -2.50. The van der Waals surface area contributed by atoms with Crippen LogP contribution in [-0.2, 0) is 58.1 Å². The predicted molar refractivity (Wildman–Crippen MR) is 136 cm³/mol. The van der Waals surface area contributed by atoms with E-state index in [1.165, 1.54) is 21.0 Å². The number of carbonyl (C=O) groups excluding carboxylic acids is 4. The van der Waals surface area contributed by atoms with E-state index in [-0.39, 0.29) is 6.61 Å². The van der Waals surface area contributed by atoms with Crippen LogP contribution in [0, 0.1) is 0 Å². The molecule has 12 heteroatoms. The van der Waals surface area contributed by atoms with E-state index in [4.69, 9.17) is 44.8 Å². The highest BCUT2D eigenvalue weighted by Gasteiger charge is 2.61. The van der Waals surface area contributed by atoms with E-state index in [0.717, 1.165) is 32.3 Å². The van der Waals surface area contributed by atoms with Gasteiger partial charge in [0.05, 0.1) is 13.2 Å². The summed E-state index contributed by atoms with van der Waals surface area (Å²) in [6.07, 6.45) is -1.89. The average molecular weight is 569 g/mol. The van der Waals surface area contributed by atoms with Gasteiger partial charge >= 0.3 is 23.9 Å². The van der Waals surface area contributed by atoms with Gasteiger partial charge in [-0.05, 0) is 30.5 Å². The normalized spacial score (nSPS) is 26.8. The molecular formula is C27H33ClO11. The van der Waals surface area contributed by atoms with Crippen LogP contribution in [-0.4, -0.2) is 75.2 Å². The molecule has 3 rings (SSSR count). The second kappa shape index (κ2) is 13.4. The zero-order valence-corrected chi connectivity index (χ0v) is 23.3. The van der Waals surface area contributed by atoms with Crippen molar-refractivity contribution in [2.75, 3.05) is 26.9 Å². The number of benzene rings is 1. The third-order valence-electron chi connectivity index (χ3n) is 6.23. The van der Waals surface area contributed by atoms with Crippen LogP contribution in [0.2, 0.25) is 5.02 Å². The van der Waals surface area contributed by atoms with Gasteiger partial charge in [0.2, 0.25) is 11.9 Å². The van der Waals surface area contributed by atoms with Gasteiger partial charge < -0.3 is 33.2 Å². The SMILES string of the molecule is CO[C@@]1(c2ccc(Cl)c(C=C3CCOCC3)c2)O[C@H](COC(C)=O)[C@@H](OC(C)=O)[C@H](OC(C)=O)[C@H]1OC(C)=O. The maximum Gasteiger partial charge on any atom is 0.303 e. The van der Waals surface area contributed by atoms with E-state index >= 15 is 0 Å². The number of hydrogen-bond donors (Lipinski definition) is 0. The van der Waals surface area contributed by atoms with Gasteiger partial charge in [0, 0.05) is 45.4 Å². The topological polar surface area (TPSA) is 133 Å². The van der Waals surface area contributed by atoms with E-state index in [0.29, 0.717) is 29.4 Å². The number of rotatable bonds is 8. The summed E-state index contributed by atoms with van der Waals surface area (Å²) in [6.45, 7) is 5.49. The van der Waals surface area contributed by atoms with E-state index in [2.05, 4.69) is 0 Å². The molecule has 0 amide bonds. The lowest BCUT2D eigenvalue weighted by Crippen LogP contribution is -2.67. The van der Waals surface area contributed by atoms with Gasteiger partial charge in [0.1, 0.15) is 12.7 Å². The second-order valence-corrected chi connectivity index (χ2v) is 9.57. The van der Waals surface area contributed by atoms with Crippen LogP contribution in [0.25, 0.3) is 6.08 Å². The van der Waals surface area contributed by atoms with Gasteiger partial charge in [-0.1, -0.05) is 29.3 Å². The van der Waals surface area contributed by atoms with Crippen molar-refractivity contribution in [3.63, 3.8) is 0 Å². The number of methoxy groups -OCH3 is 1. The summed E-state index contributed by atoms with van der Waals surface area (Å²) < 4.78 is 39.5. The Hall–Kier alpha value is -2.99. The first-order valence-electron chi connectivity index (χ1n) is 12.4. The monoisotopic (exact) mass is 568 g/mol. The van der Waals surface area contributed by atoms with Crippen molar-refractivity contribution in [1.29, 1.82) is 0 Å². The highest BCUT2D eigenvalue weighted by Crippen LogP contribution is 2.44. The van der Waals surface area contributed by atoms with Gasteiger partial charge in [-0.25, -0.2) is 0 Å². The maximum atomic E-state index is 12.3. The minimum Gasteiger partial charge on any atom is -0.463 e. The Bertz CT molecular complexity index is 1110. The highest BCUT2D eigenvalue weighted by atomic mass is 35.5. The predicted octanol–water partition coefficient (Wildman–Crippen LogP) is 3.09. The Morgan fingerprint density at radius 2 is 1.56 bits per heavy atom. The van der Waals surface area contributed by atoms with Crippen molar-refractivity contribution in [2.24, 2.45) is 0 Å². The molecule has 0 aliphatic carbocycles. The molecule has 39 heavy (non-hydrogen) atoms. The van der Waals surface area contributed by atoms with Crippen LogP contribution < -0.4 is 0 Å². The molecule has 0 bridgehead atoms. The molecular weight excluding hydrogens is 536 g/mol. The van der Waals surface area contributed by atoms with Crippen LogP contribution >= 0.6 is 11.6 Å². The molecule has 0 aromatic heterocycles. The molecule has 1 aromatic carbocycles. The summed E-state index contributed by atoms with van der Waals surface area (Å²) in [4.78, 5) is 48.2. The fraction of sp³-hybridized carbons (Fsp3) is 0.556. The molecule has 2 fully saturated rings. The average Bonchev–Trinajstić information content (AvgIpc) is 2.86. The molecule has 11 nitrogen and oxygen atoms in total. The minimum atomic E-state index is -1.89. The van der Waals surface area contributed by atoms with Crippen molar-refractivity contribution in [3.8, 4) is 0 Å². The number of halogens is 1. The Morgan fingerprint density at radius 3 is 2.13 bits per heavy atom. The molecule has 0 saturated carbocycles. The molecule has 2 saturated heterocycles. The lowest BCUT2D eigenvalue weighted by atomic mass is 9.86. The van der Waals surface area contributed by atoms with Gasteiger partial charge in [-0.3, -0.25) is 19.2 Å². The summed E-state index contributed by atoms with van der Waals surface area (Å²) in [6, 6.07) is 4.97. The minimum absolute atomic E-state index is 0.366. The number of ether oxygens (including phenoxy) is 7. The van der Waals surface area contributed by atoms with E-state index in [9.17, 15) is 19.2 Å². The second-order valence-electron chi connectivity index (χ2n) is 9.16. The zero-order valence-electron chi connectivity index (χ0n) is 22.5. The van der Waals surface area contributed by atoms with Crippen LogP contribution in [0.5, 0.6) is 0 Å².